The quantitative estimate of drug-likeness (QED) is 0.431. The van der Waals surface area contributed by atoms with Crippen molar-refractivity contribution < 1.29 is 0 Å². The normalized spacial score (nSPS) is 17.5. The molecule has 19 heavy (non-hydrogen) atoms. The zero-order valence-electron chi connectivity index (χ0n) is 13.1. The monoisotopic (exact) mass is 260 g/mol. The average molecular weight is 260 g/mol. The fraction of sp³-hybridized carbons (Fsp3) is 0.684. The van der Waals surface area contributed by atoms with Crippen molar-refractivity contribution in [3.05, 3.63) is 36.0 Å². The van der Waals surface area contributed by atoms with Gasteiger partial charge in [-0.1, -0.05) is 61.5 Å². The van der Waals surface area contributed by atoms with Gasteiger partial charge in [-0.3, -0.25) is 0 Å². The van der Waals surface area contributed by atoms with E-state index in [2.05, 4.69) is 33.1 Å². The SMILES string of the molecule is C=C(C)CCC(=CC)CCC(=C)CC1CCCCC1. The highest BCUT2D eigenvalue weighted by Crippen LogP contribution is 2.30. The largest absolute Gasteiger partial charge is 0.100 e. The van der Waals surface area contributed by atoms with Gasteiger partial charge in [0, 0.05) is 0 Å². The summed E-state index contributed by atoms with van der Waals surface area (Å²) in [4.78, 5) is 0. The lowest BCUT2D eigenvalue weighted by Gasteiger charge is -2.22. The molecule has 0 N–H and O–H groups in total. The summed E-state index contributed by atoms with van der Waals surface area (Å²) in [6.07, 6.45) is 15.5. The third kappa shape index (κ3) is 7.40. The maximum absolute atomic E-state index is 4.31. The summed E-state index contributed by atoms with van der Waals surface area (Å²) in [7, 11) is 0. The van der Waals surface area contributed by atoms with Crippen molar-refractivity contribution in [2.75, 3.05) is 0 Å². The van der Waals surface area contributed by atoms with Gasteiger partial charge in [-0.15, -0.1) is 6.58 Å². The van der Waals surface area contributed by atoms with Crippen molar-refractivity contribution in [1.82, 2.24) is 0 Å². The Morgan fingerprint density at radius 1 is 1.00 bits per heavy atom. The highest BCUT2D eigenvalue weighted by molar-refractivity contribution is 5.08. The first kappa shape index (κ1) is 16.3. The fourth-order valence-electron chi connectivity index (χ4n) is 3.03. The molecule has 1 aliphatic rings. The Labute approximate surface area is 120 Å². The smallest absolute Gasteiger partial charge is 0.0283 e. The number of hydrogen-bond donors (Lipinski definition) is 0. The molecule has 108 valence electrons. The Kier molecular flexibility index (Phi) is 7.86. The van der Waals surface area contributed by atoms with Crippen LogP contribution in [0, 0.1) is 5.92 Å². The number of allylic oxidation sites excluding steroid dienone is 4. The number of hydrogen-bond acceptors (Lipinski definition) is 0. The first-order chi connectivity index (χ1) is 9.11. The molecule has 0 unspecified atom stereocenters. The van der Waals surface area contributed by atoms with Crippen molar-refractivity contribution in [3.63, 3.8) is 0 Å². The van der Waals surface area contributed by atoms with Gasteiger partial charge in [-0.25, -0.2) is 0 Å². The summed E-state index contributed by atoms with van der Waals surface area (Å²) < 4.78 is 0. The van der Waals surface area contributed by atoms with Crippen LogP contribution < -0.4 is 0 Å². The molecule has 1 rings (SSSR count). The fourth-order valence-corrected chi connectivity index (χ4v) is 3.03. The molecule has 0 saturated heterocycles. The van der Waals surface area contributed by atoms with Crippen LogP contribution in [-0.2, 0) is 0 Å². The van der Waals surface area contributed by atoms with Crippen molar-refractivity contribution in [1.29, 1.82) is 0 Å². The molecule has 0 atom stereocenters. The van der Waals surface area contributed by atoms with E-state index in [4.69, 9.17) is 0 Å². The standard InChI is InChI=1S/C19H32/c1-5-18(13-11-16(2)3)14-12-17(4)15-19-9-7-6-8-10-19/h5,19H,2,4,6-15H2,1,3H3. The van der Waals surface area contributed by atoms with E-state index in [1.54, 1.807) is 5.57 Å². The van der Waals surface area contributed by atoms with Crippen LogP contribution in [0.25, 0.3) is 0 Å². The lowest BCUT2D eigenvalue weighted by atomic mass is 9.84. The molecule has 0 aromatic heterocycles. The van der Waals surface area contributed by atoms with E-state index in [9.17, 15) is 0 Å². The Morgan fingerprint density at radius 2 is 1.63 bits per heavy atom. The molecule has 0 bridgehead atoms. The van der Waals surface area contributed by atoms with E-state index < -0.39 is 0 Å². The van der Waals surface area contributed by atoms with E-state index >= 15 is 0 Å². The summed E-state index contributed by atoms with van der Waals surface area (Å²) in [5.41, 5.74) is 4.34. The van der Waals surface area contributed by atoms with Crippen LogP contribution in [0.2, 0.25) is 0 Å². The van der Waals surface area contributed by atoms with E-state index in [1.807, 2.05) is 0 Å². The van der Waals surface area contributed by atoms with E-state index in [-0.39, 0.29) is 0 Å². The average Bonchev–Trinajstić information content (AvgIpc) is 2.39. The van der Waals surface area contributed by atoms with E-state index in [1.165, 1.54) is 68.9 Å². The molecule has 1 fully saturated rings. The molecule has 0 aliphatic heterocycles. The van der Waals surface area contributed by atoms with Crippen molar-refractivity contribution in [2.45, 2.75) is 78.1 Å². The summed E-state index contributed by atoms with van der Waals surface area (Å²) in [6, 6.07) is 0. The highest BCUT2D eigenvalue weighted by Gasteiger charge is 2.14. The van der Waals surface area contributed by atoms with Gasteiger partial charge in [0.05, 0.1) is 0 Å². The molecule has 0 amide bonds. The lowest BCUT2D eigenvalue weighted by molar-refractivity contribution is 0.353. The Balaban J connectivity index is 2.22. The molecule has 0 spiro atoms. The first-order valence-corrected chi connectivity index (χ1v) is 8.07. The van der Waals surface area contributed by atoms with Crippen LogP contribution in [0.4, 0.5) is 0 Å². The third-order valence-corrected chi connectivity index (χ3v) is 4.38. The molecule has 0 radical (unpaired) electrons. The van der Waals surface area contributed by atoms with Gasteiger partial charge in [0.1, 0.15) is 0 Å². The third-order valence-electron chi connectivity index (χ3n) is 4.38. The second kappa shape index (κ2) is 9.18. The Bertz CT molecular complexity index is 313. The Morgan fingerprint density at radius 3 is 2.21 bits per heavy atom. The minimum absolute atomic E-state index is 0.936. The van der Waals surface area contributed by atoms with Gasteiger partial charge in [0.2, 0.25) is 0 Å². The second-order valence-electron chi connectivity index (χ2n) is 6.36. The van der Waals surface area contributed by atoms with Crippen molar-refractivity contribution in [3.8, 4) is 0 Å². The minimum atomic E-state index is 0.936. The first-order valence-electron chi connectivity index (χ1n) is 8.07. The molecule has 0 nitrogen and oxygen atoms in total. The molecule has 0 aromatic rings. The van der Waals surface area contributed by atoms with Crippen LogP contribution in [0.15, 0.2) is 36.0 Å². The molecule has 0 heteroatoms. The summed E-state index contributed by atoms with van der Waals surface area (Å²) in [5, 5.41) is 0. The summed E-state index contributed by atoms with van der Waals surface area (Å²) >= 11 is 0. The molecule has 1 aliphatic carbocycles. The van der Waals surface area contributed by atoms with Crippen LogP contribution >= 0.6 is 0 Å². The minimum Gasteiger partial charge on any atom is -0.100 e. The summed E-state index contributed by atoms with van der Waals surface area (Å²) in [6.45, 7) is 12.6. The van der Waals surface area contributed by atoms with Gasteiger partial charge in [0.15, 0.2) is 0 Å². The molecular formula is C19H32. The number of rotatable bonds is 8. The van der Waals surface area contributed by atoms with Gasteiger partial charge >= 0.3 is 0 Å². The van der Waals surface area contributed by atoms with Crippen molar-refractivity contribution in [2.24, 2.45) is 5.92 Å². The zero-order valence-corrected chi connectivity index (χ0v) is 13.1. The highest BCUT2D eigenvalue weighted by atomic mass is 14.2. The van der Waals surface area contributed by atoms with Crippen LogP contribution in [0.1, 0.15) is 78.1 Å². The van der Waals surface area contributed by atoms with Crippen LogP contribution in [0.5, 0.6) is 0 Å². The topological polar surface area (TPSA) is 0 Å². The lowest BCUT2D eigenvalue weighted by Crippen LogP contribution is -2.07. The maximum Gasteiger partial charge on any atom is -0.0283 e. The predicted octanol–water partition coefficient (Wildman–Crippen LogP) is 6.60. The molecule has 0 heterocycles. The Hall–Kier alpha value is -0.780. The van der Waals surface area contributed by atoms with Gasteiger partial charge in [0.25, 0.3) is 0 Å². The van der Waals surface area contributed by atoms with Crippen LogP contribution in [-0.4, -0.2) is 0 Å². The zero-order chi connectivity index (χ0) is 14.1. The van der Waals surface area contributed by atoms with E-state index in [0.29, 0.717) is 0 Å². The van der Waals surface area contributed by atoms with E-state index in [0.717, 1.165) is 12.3 Å². The summed E-state index contributed by atoms with van der Waals surface area (Å²) in [5.74, 6) is 0.936. The van der Waals surface area contributed by atoms with Gasteiger partial charge < -0.3 is 0 Å². The second-order valence-corrected chi connectivity index (χ2v) is 6.36. The van der Waals surface area contributed by atoms with Gasteiger partial charge in [-0.05, 0) is 51.9 Å². The maximum atomic E-state index is 4.31. The molecule has 0 aromatic carbocycles. The molecular weight excluding hydrogens is 228 g/mol. The molecule has 1 saturated carbocycles. The van der Waals surface area contributed by atoms with Crippen LogP contribution in [0.3, 0.4) is 0 Å². The predicted molar refractivity (Wildman–Crippen MR) is 87.4 cm³/mol. The van der Waals surface area contributed by atoms with Gasteiger partial charge in [-0.2, -0.15) is 0 Å². The van der Waals surface area contributed by atoms with Crippen molar-refractivity contribution >= 4 is 0 Å².